The van der Waals surface area contributed by atoms with Crippen molar-refractivity contribution < 1.29 is 5.11 Å². The number of rotatable bonds is 0. The van der Waals surface area contributed by atoms with Gasteiger partial charge >= 0.3 is 0 Å². The normalized spacial score (nSPS) is 8.91. The lowest BCUT2D eigenvalue weighted by atomic mass is 10.3. The van der Waals surface area contributed by atoms with E-state index in [0.717, 1.165) is 0 Å². The molecule has 0 saturated carbocycles. The van der Waals surface area contributed by atoms with Gasteiger partial charge in [0, 0.05) is 13.2 Å². The zero-order valence-corrected chi connectivity index (χ0v) is 6.20. The number of aryl methyl sites for hydroxylation is 1. The highest BCUT2D eigenvalue weighted by molar-refractivity contribution is 5.49. The van der Waals surface area contributed by atoms with Gasteiger partial charge in [0.05, 0.1) is 5.56 Å². The maximum atomic E-state index is 8.38. The molecule has 0 amide bonds. The Bertz CT molecular complexity index is 305. The van der Waals surface area contributed by atoms with Crippen molar-refractivity contribution in [2.24, 2.45) is 7.05 Å². The lowest BCUT2D eigenvalue weighted by Gasteiger charge is -1.80. The largest absolute Gasteiger partial charge is 0.384 e. The van der Waals surface area contributed by atoms with Crippen molar-refractivity contribution in [3.8, 4) is 11.8 Å². The topological polar surface area (TPSA) is 64.1 Å². The highest BCUT2D eigenvalue weighted by Gasteiger charge is 1.97. The van der Waals surface area contributed by atoms with Crippen LogP contribution in [0.2, 0.25) is 0 Å². The fraction of sp³-hybridized carbons (Fsp3) is 0.286. The van der Waals surface area contributed by atoms with Gasteiger partial charge in [-0.2, -0.15) is 5.10 Å². The molecule has 11 heavy (non-hydrogen) atoms. The number of hydrogen-bond acceptors (Lipinski definition) is 3. The smallest absolute Gasteiger partial charge is 0.161 e. The van der Waals surface area contributed by atoms with Crippen LogP contribution in [-0.2, 0) is 7.05 Å². The average molecular weight is 151 g/mol. The molecule has 0 spiro atoms. The van der Waals surface area contributed by atoms with Crippen LogP contribution in [0.5, 0.6) is 0 Å². The van der Waals surface area contributed by atoms with Gasteiger partial charge in [-0.3, -0.25) is 4.68 Å². The fourth-order valence-corrected chi connectivity index (χ4v) is 0.737. The lowest BCUT2D eigenvalue weighted by Crippen LogP contribution is -1.90. The number of aliphatic hydroxyl groups is 1. The van der Waals surface area contributed by atoms with Crippen molar-refractivity contribution in [3.63, 3.8) is 0 Å². The van der Waals surface area contributed by atoms with E-state index in [0.29, 0.717) is 11.4 Å². The molecule has 4 heteroatoms. The van der Waals surface area contributed by atoms with Crippen LogP contribution >= 0.6 is 0 Å². The second-order valence-electron chi connectivity index (χ2n) is 2.06. The molecule has 0 radical (unpaired) electrons. The average Bonchev–Trinajstić information content (AvgIpc) is 2.26. The van der Waals surface area contributed by atoms with Crippen LogP contribution in [0.3, 0.4) is 0 Å². The van der Waals surface area contributed by atoms with E-state index in [9.17, 15) is 0 Å². The summed E-state index contributed by atoms with van der Waals surface area (Å²) in [5.74, 6) is 5.56. The molecule has 0 bridgehead atoms. The number of aromatic nitrogens is 2. The van der Waals surface area contributed by atoms with Gasteiger partial charge in [0.25, 0.3) is 0 Å². The molecule has 3 N–H and O–H groups in total. The highest BCUT2D eigenvalue weighted by atomic mass is 16.2. The van der Waals surface area contributed by atoms with Gasteiger partial charge in [0.1, 0.15) is 6.61 Å². The first-order chi connectivity index (χ1) is 5.24. The standard InChI is InChI=1S/C7H9N3O/c1-10-5-6(3-2-4-11)7(8)9-10/h5,11H,4H2,1H3,(H2,8,9). The molecule has 0 aliphatic rings. The summed E-state index contributed by atoms with van der Waals surface area (Å²) in [6.07, 6.45) is 1.71. The summed E-state index contributed by atoms with van der Waals surface area (Å²) >= 11 is 0. The maximum Gasteiger partial charge on any atom is 0.161 e. The minimum Gasteiger partial charge on any atom is -0.384 e. The van der Waals surface area contributed by atoms with Crippen LogP contribution in [-0.4, -0.2) is 21.5 Å². The number of nitrogens with two attached hydrogens (primary N) is 1. The summed E-state index contributed by atoms with van der Waals surface area (Å²) in [5.41, 5.74) is 6.12. The predicted molar refractivity (Wildman–Crippen MR) is 41.6 cm³/mol. The Labute approximate surface area is 64.6 Å². The van der Waals surface area contributed by atoms with E-state index in [4.69, 9.17) is 10.8 Å². The minimum absolute atomic E-state index is 0.158. The van der Waals surface area contributed by atoms with E-state index in [2.05, 4.69) is 16.9 Å². The molecular weight excluding hydrogens is 142 g/mol. The molecule has 4 nitrogen and oxygen atoms in total. The molecule has 1 heterocycles. The van der Waals surface area contributed by atoms with E-state index in [1.165, 1.54) is 0 Å². The summed E-state index contributed by atoms with van der Waals surface area (Å²) in [5, 5.41) is 12.3. The maximum absolute atomic E-state index is 8.38. The predicted octanol–water partition coefficient (Wildman–Crippen LogP) is -0.654. The second kappa shape index (κ2) is 3.08. The molecule has 1 aromatic rings. The van der Waals surface area contributed by atoms with Crippen LogP contribution in [0.25, 0.3) is 0 Å². The molecule has 0 aliphatic carbocycles. The van der Waals surface area contributed by atoms with Crippen molar-refractivity contribution >= 4 is 5.82 Å². The number of nitrogens with zero attached hydrogens (tertiary/aromatic N) is 2. The summed E-state index contributed by atoms with van der Waals surface area (Å²) in [7, 11) is 1.76. The summed E-state index contributed by atoms with van der Waals surface area (Å²) in [6.45, 7) is -0.158. The molecule has 0 fully saturated rings. The zero-order valence-electron chi connectivity index (χ0n) is 6.20. The number of nitrogen functional groups attached to an aromatic ring is 1. The third-order valence-corrected chi connectivity index (χ3v) is 1.16. The molecule has 0 aliphatic heterocycles. The van der Waals surface area contributed by atoms with Gasteiger partial charge in [-0.05, 0) is 0 Å². The van der Waals surface area contributed by atoms with Crippen LogP contribution in [0.4, 0.5) is 5.82 Å². The van der Waals surface area contributed by atoms with Crippen molar-refractivity contribution in [1.29, 1.82) is 0 Å². The molecule has 0 atom stereocenters. The third-order valence-electron chi connectivity index (χ3n) is 1.16. The van der Waals surface area contributed by atoms with Crippen LogP contribution in [0.15, 0.2) is 6.20 Å². The van der Waals surface area contributed by atoms with E-state index in [-0.39, 0.29) is 6.61 Å². The molecule has 0 saturated heterocycles. The SMILES string of the molecule is Cn1cc(C#CCO)c(N)n1. The Kier molecular flexibility index (Phi) is 2.14. The van der Waals surface area contributed by atoms with Gasteiger partial charge in [0.2, 0.25) is 0 Å². The van der Waals surface area contributed by atoms with Crippen molar-refractivity contribution in [2.45, 2.75) is 0 Å². The Morgan fingerprint density at radius 3 is 3.00 bits per heavy atom. The number of anilines is 1. The zero-order chi connectivity index (χ0) is 8.27. The lowest BCUT2D eigenvalue weighted by molar-refractivity contribution is 0.350. The van der Waals surface area contributed by atoms with Gasteiger partial charge in [-0.15, -0.1) is 0 Å². The van der Waals surface area contributed by atoms with E-state index in [1.807, 2.05) is 0 Å². The fourth-order valence-electron chi connectivity index (χ4n) is 0.737. The van der Waals surface area contributed by atoms with Crippen molar-refractivity contribution in [2.75, 3.05) is 12.3 Å². The van der Waals surface area contributed by atoms with Crippen molar-refractivity contribution in [3.05, 3.63) is 11.8 Å². The van der Waals surface area contributed by atoms with E-state index in [1.54, 1.807) is 17.9 Å². The minimum atomic E-state index is -0.158. The first-order valence-corrected chi connectivity index (χ1v) is 3.13. The molecule has 0 aromatic carbocycles. The van der Waals surface area contributed by atoms with Crippen molar-refractivity contribution in [1.82, 2.24) is 9.78 Å². The number of aliphatic hydroxyl groups excluding tert-OH is 1. The Morgan fingerprint density at radius 1 is 1.82 bits per heavy atom. The second-order valence-corrected chi connectivity index (χ2v) is 2.06. The molecule has 0 unspecified atom stereocenters. The summed E-state index contributed by atoms with van der Waals surface area (Å²) < 4.78 is 1.58. The molecule has 1 aromatic heterocycles. The Balaban J connectivity index is 2.94. The Hall–Kier alpha value is -1.47. The summed E-state index contributed by atoms with van der Waals surface area (Å²) in [6, 6.07) is 0. The quantitative estimate of drug-likeness (QED) is 0.484. The molecular formula is C7H9N3O. The van der Waals surface area contributed by atoms with Gasteiger partial charge in [-0.25, -0.2) is 0 Å². The number of hydrogen-bond donors (Lipinski definition) is 2. The van der Waals surface area contributed by atoms with Gasteiger partial charge in [-0.1, -0.05) is 11.8 Å². The van der Waals surface area contributed by atoms with Crippen LogP contribution < -0.4 is 5.73 Å². The molecule has 1 rings (SSSR count). The van der Waals surface area contributed by atoms with E-state index >= 15 is 0 Å². The first kappa shape index (κ1) is 7.63. The van der Waals surface area contributed by atoms with Gasteiger partial charge < -0.3 is 10.8 Å². The molecule has 58 valence electrons. The van der Waals surface area contributed by atoms with Crippen LogP contribution in [0.1, 0.15) is 5.56 Å². The highest BCUT2D eigenvalue weighted by Crippen LogP contribution is 2.04. The first-order valence-electron chi connectivity index (χ1n) is 3.13. The van der Waals surface area contributed by atoms with E-state index < -0.39 is 0 Å². The summed E-state index contributed by atoms with van der Waals surface area (Å²) in [4.78, 5) is 0. The third kappa shape index (κ3) is 1.72. The monoisotopic (exact) mass is 151 g/mol. The van der Waals surface area contributed by atoms with Crippen LogP contribution in [0, 0.1) is 11.8 Å². The van der Waals surface area contributed by atoms with Gasteiger partial charge in [0.15, 0.2) is 5.82 Å². The Morgan fingerprint density at radius 2 is 2.55 bits per heavy atom.